The van der Waals surface area contributed by atoms with Crippen LogP contribution in [0, 0.1) is 0 Å². The van der Waals surface area contributed by atoms with Crippen LogP contribution >= 0.6 is 11.6 Å². The van der Waals surface area contributed by atoms with Crippen LogP contribution in [0.4, 0.5) is 0 Å². The second-order valence-electron chi connectivity index (χ2n) is 4.32. The van der Waals surface area contributed by atoms with Crippen LogP contribution in [0.1, 0.15) is 17.2 Å². The number of benzene rings is 2. The number of rotatable bonds is 5. The summed E-state index contributed by atoms with van der Waals surface area (Å²) in [5, 5.41) is 2.93. The average Bonchev–Trinajstić information content (AvgIpc) is 2.53. The highest BCUT2D eigenvalue weighted by Gasteiger charge is 2.16. The maximum atomic E-state index is 11.6. The highest BCUT2D eigenvalue weighted by atomic mass is 35.5. The lowest BCUT2D eigenvalue weighted by Crippen LogP contribution is -2.30. The average molecular weight is 290 g/mol. The van der Waals surface area contributed by atoms with Crippen LogP contribution in [0.15, 0.2) is 54.6 Å². The van der Waals surface area contributed by atoms with Crippen molar-refractivity contribution in [2.75, 3.05) is 13.0 Å². The first kappa shape index (κ1) is 14.4. The Balaban J connectivity index is 2.32. The second-order valence-corrected chi connectivity index (χ2v) is 4.59. The topological polar surface area (TPSA) is 38.3 Å². The molecule has 1 amide bonds. The molecule has 0 unspecified atom stereocenters. The minimum atomic E-state index is -0.214. The van der Waals surface area contributed by atoms with Crippen molar-refractivity contribution in [3.63, 3.8) is 0 Å². The number of alkyl halides is 1. The summed E-state index contributed by atoms with van der Waals surface area (Å²) in [4.78, 5) is 11.6. The summed E-state index contributed by atoms with van der Waals surface area (Å²) in [5.74, 6) is 0.528. The molecule has 2 aromatic carbocycles. The molecule has 0 radical (unpaired) electrons. The van der Waals surface area contributed by atoms with Crippen molar-refractivity contribution in [1.29, 1.82) is 0 Å². The van der Waals surface area contributed by atoms with E-state index in [1.807, 2.05) is 54.6 Å². The smallest absolute Gasteiger partial charge is 0.235 e. The number of hydrogen-bond acceptors (Lipinski definition) is 2. The number of carbonyl (C=O) groups excluding carboxylic acids is 1. The molecule has 0 aliphatic carbocycles. The normalized spacial score (nSPS) is 11.7. The molecule has 0 spiro atoms. The van der Waals surface area contributed by atoms with E-state index in [0.717, 1.165) is 16.9 Å². The van der Waals surface area contributed by atoms with Gasteiger partial charge in [0.1, 0.15) is 11.6 Å². The van der Waals surface area contributed by atoms with Gasteiger partial charge in [-0.15, -0.1) is 11.6 Å². The highest BCUT2D eigenvalue weighted by Crippen LogP contribution is 2.24. The van der Waals surface area contributed by atoms with Crippen LogP contribution in [-0.2, 0) is 4.79 Å². The molecule has 3 nitrogen and oxygen atoms in total. The van der Waals surface area contributed by atoms with Crippen molar-refractivity contribution in [3.8, 4) is 5.75 Å². The zero-order valence-corrected chi connectivity index (χ0v) is 11.9. The fraction of sp³-hybridized carbons (Fsp3) is 0.188. The van der Waals surface area contributed by atoms with Gasteiger partial charge in [-0.2, -0.15) is 0 Å². The van der Waals surface area contributed by atoms with Gasteiger partial charge in [0.2, 0.25) is 5.91 Å². The molecule has 20 heavy (non-hydrogen) atoms. The minimum Gasteiger partial charge on any atom is -0.497 e. The van der Waals surface area contributed by atoms with Crippen LogP contribution in [-0.4, -0.2) is 18.9 Å². The van der Waals surface area contributed by atoms with Gasteiger partial charge in [-0.25, -0.2) is 0 Å². The summed E-state index contributed by atoms with van der Waals surface area (Å²) in [7, 11) is 1.62. The van der Waals surface area contributed by atoms with Crippen LogP contribution in [0.3, 0.4) is 0 Å². The minimum absolute atomic E-state index is 0.0561. The monoisotopic (exact) mass is 289 g/mol. The molecule has 0 aliphatic rings. The Kier molecular flexibility index (Phi) is 5.02. The maximum Gasteiger partial charge on any atom is 0.235 e. The Morgan fingerprint density at radius 3 is 2.25 bits per heavy atom. The van der Waals surface area contributed by atoms with Gasteiger partial charge in [0.15, 0.2) is 0 Å². The Bertz CT molecular complexity index is 554. The van der Waals surface area contributed by atoms with Gasteiger partial charge in [-0.05, 0) is 23.3 Å². The molecule has 1 N–H and O–H groups in total. The molecule has 0 heterocycles. The van der Waals surface area contributed by atoms with Crippen molar-refractivity contribution < 1.29 is 9.53 Å². The molecule has 0 aromatic heterocycles. The van der Waals surface area contributed by atoms with E-state index in [9.17, 15) is 4.79 Å². The molecular weight excluding hydrogens is 274 g/mol. The number of ether oxygens (including phenoxy) is 1. The molecule has 104 valence electrons. The SMILES string of the molecule is COc1ccc([C@H](NC(=O)CCl)c2ccccc2)cc1. The van der Waals surface area contributed by atoms with Gasteiger partial charge in [0, 0.05) is 0 Å². The molecule has 4 heteroatoms. The van der Waals surface area contributed by atoms with Gasteiger partial charge in [0.25, 0.3) is 0 Å². The molecule has 0 fully saturated rings. The number of hydrogen-bond donors (Lipinski definition) is 1. The van der Waals surface area contributed by atoms with E-state index >= 15 is 0 Å². The summed E-state index contributed by atoms with van der Waals surface area (Å²) in [6.07, 6.45) is 0. The second kappa shape index (κ2) is 6.96. The van der Waals surface area contributed by atoms with Gasteiger partial charge in [0.05, 0.1) is 13.2 Å². The lowest BCUT2D eigenvalue weighted by Gasteiger charge is -2.19. The fourth-order valence-corrected chi connectivity index (χ4v) is 2.08. The standard InChI is InChI=1S/C16H16ClNO2/c1-20-14-9-7-13(8-10-14)16(18-15(19)11-17)12-5-3-2-4-6-12/h2-10,16H,11H2,1H3,(H,18,19)/t16-/m1/s1. The highest BCUT2D eigenvalue weighted by molar-refractivity contribution is 6.27. The zero-order valence-electron chi connectivity index (χ0n) is 11.2. The van der Waals surface area contributed by atoms with Gasteiger partial charge in [-0.3, -0.25) is 4.79 Å². The van der Waals surface area contributed by atoms with Crippen LogP contribution < -0.4 is 10.1 Å². The van der Waals surface area contributed by atoms with E-state index < -0.39 is 0 Å². The summed E-state index contributed by atoms with van der Waals surface area (Å²) in [5.41, 5.74) is 1.99. The quantitative estimate of drug-likeness (QED) is 0.859. The van der Waals surface area contributed by atoms with Gasteiger partial charge < -0.3 is 10.1 Å². The number of amides is 1. The van der Waals surface area contributed by atoms with Crippen molar-refractivity contribution >= 4 is 17.5 Å². The molecular formula is C16H16ClNO2. The lowest BCUT2D eigenvalue weighted by molar-refractivity contribution is -0.119. The van der Waals surface area contributed by atoms with Crippen molar-refractivity contribution in [1.82, 2.24) is 5.32 Å². The number of nitrogens with one attached hydrogen (secondary N) is 1. The third kappa shape index (κ3) is 3.52. The summed E-state index contributed by atoms with van der Waals surface area (Å²) < 4.78 is 5.15. The summed E-state index contributed by atoms with van der Waals surface area (Å²) in [6.45, 7) is 0. The first-order chi connectivity index (χ1) is 9.74. The summed E-state index contributed by atoms with van der Waals surface area (Å²) >= 11 is 5.59. The van der Waals surface area contributed by atoms with E-state index in [-0.39, 0.29) is 17.8 Å². The number of methoxy groups -OCH3 is 1. The van der Waals surface area contributed by atoms with Crippen molar-refractivity contribution in [2.45, 2.75) is 6.04 Å². The van der Waals surface area contributed by atoms with Crippen LogP contribution in [0.5, 0.6) is 5.75 Å². The predicted octanol–water partition coefficient (Wildman–Crippen LogP) is 3.14. The summed E-state index contributed by atoms with van der Waals surface area (Å²) in [6, 6.07) is 17.2. The number of carbonyl (C=O) groups is 1. The molecule has 0 saturated carbocycles. The third-order valence-corrected chi connectivity index (χ3v) is 3.25. The lowest BCUT2D eigenvalue weighted by atomic mass is 9.98. The zero-order chi connectivity index (χ0) is 14.4. The molecule has 0 bridgehead atoms. The molecule has 0 aliphatic heterocycles. The van der Waals surface area contributed by atoms with E-state index in [1.165, 1.54) is 0 Å². The predicted molar refractivity (Wildman–Crippen MR) is 80.1 cm³/mol. The largest absolute Gasteiger partial charge is 0.497 e. The Hall–Kier alpha value is -2.00. The van der Waals surface area contributed by atoms with Crippen LogP contribution in [0.25, 0.3) is 0 Å². The Morgan fingerprint density at radius 1 is 1.10 bits per heavy atom. The molecule has 2 aromatic rings. The Morgan fingerprint density at radius 2 is 1.70 bits per heavy atom. The van der Waals surface area contributed by atoms with Crippen molar-refractivity contribution in [2.24, 2.45) is 0 Å². The van der Waals surface area contributed by atoms with E-state index in [1.54, 1.807) is 7.11 Å². The van der Waals surface area contributed by atoms with Crippen molar-refractivity contribution in [3.05, 3.63) is 65.7 Å². The van der Waals surface area contributed by atoms with E-state index in [4.69, 9.17) is 16.3 Å². The Labute approximate surface area is 123 Å². The maximum absolute atomic E-state index is 11.6. The fourth-order valence-electron chi connectivity index (χ4n) is 2.00. The number of halogens is 1. The molecule has 1 atom stereocenters. The first-order valence-corrected chi connectivity index (χ1v) is 6.82. The third-order valence-electron chi connectivity index (χ3n) is 3.01. The van der Waals surface area contributed by atoms with E-state index in [0.29, 0.717) is 0 Å². The molecule has 2 rings (SSSR count). The molecule has 0 saturated heterocycles. The van der Waals surface area contributed by atoms with E-state index in [2.05, 4.69) is 5.32 Å². The van der Waals surface area contributed by atoms with Gasteiger partial charge >= 0.3 is 0 Å². The first-order valence-electron chi connectivity index (χ1n) is 6.29. The van der Waals surface area contributed by atoms with Gasteiger partial charge in [-0.1, -0.05) is 42.5 Å². The van der Waals surface area contributed by atoms with Crippen LogP contribution in [0.2, 0.25) is 0 Å².